The van der Waals surface area contributed by atoms with Gasteiger partial charge < -0.3 is 15.0 Å². The third-order valence-electron chi connectivity index (χ3n) is 3.25. The van der Waals surface area contributed by atoms with Crippen molar-refractivity contribution in [2.45, 2.75) is 72.4 Å². The molecule has 2 rings (SSSR count). The Labute approximate surface area is 142 Å². The van der Waals surface area contributed by atoms with Gasteiger partial charge in [0.05, 0.1) is 0 Å². The maximum absolute atomic E-state index is 11.6. The van der Waals surface area contributed by atoms with E-state index in [1.54, 1.807) is 4.90 Å². The topological polar surface area (TPSA) is 41.6 Å². The van der Waals surface area contributed by atoms with Crippen molar-refractivity contribution in [3.05, 3.63) is 11.6 Å². The van der Waals surface area contributed by atoms with E-state index in [1.165, 1.54) is 18.4 Å². The van der Waals surface area contributed by atoms with E-state index in [9.17, 15) is 4.79 Å². The lowest BCUT2D eigenvalue weighted by molar-refractivity contribution is 0.0201. The molecule has 0 radical (unpaired) electrons. The first-order chi connectivity index (χ1) is 10.8. The number of nitrogens with zero attached hydrogens (tertiary/aromatic N) is 1. The molecular weight excluding hydrogens is 288 g/mol. The maximum Gasteiger partial charge on any atom is 0.410 e. The highest BCUT2D eigenvalue weighted by molar-refractivity contribution is 5.68. The van der Waals surface area contributed by atoms with Gasteiger partial charge in [0, 0.05) is 25.7 Å². The molecule has 1 aliphatic carbocycles. The molecule has 1 saturated heterocycles. The Bertz CT molecular complexity index is 416. The van der Waals surface area contributed by atoms with Crippen LogP contribution in [-0.4, -0.2) is 42.3 Å². The number of nitrogens with one attached hydrogen (secondary N) is 1. The molecule has 0 spiro atoms. The van der Waals surface area contributed by atoms with Crippen LogP contribution in [0.1, 0.15) is 60.8 Å². The van der Waals surface area contributed by atoms with E-state index < -0.39 is 5.60 Å². The number of carbonyl (C=O) groups is 1. The van der Waals surface area contributed by atoms with Crippen molar-refractivity contribution >= 4 is 6.09 Å². The zero-order valence-corrected chi connectivity index (χ0v) is 15.7. The molecule has 0 aromatic heterocycles. The number of hydrogen-bond acceptors (Lipinski definition) is 3. The van der Waals surface area contributed by atoms with Gasteiger partial charge in [-0.1, -0.05) is 25.8 Å². The molecule has 1 unspecified atom stereocenters. The number of carbonyl (C=O) groups excluding carboxylic acids is 1. The summed E-state index contributed by atoms with van der Waals surface area (Å²) in [7, 11) is 0. The second kappa shape index (κ2) is 11.1. The van der Waals surface area contributed by atoms with Crippen LogP contribution in [-0.2, 0) is 4.74 Å². The Hall–Kier alpha value is -1.47. The van der Waals surface area contributed by atoms with E-state index in [0.29, 0.717) is 6.04 Å². The second-order valence-corrected chi connectivity index (χ2v) is 6.55. The van der Waals surface area contributed by atoms with Crippen molar-refractivity contribution in [1.29, 1.82) is 0 Å². The number of hydrogen-bond donors (Lipinski definition) is 1. The van der Waals surface area contributed by atoms with Gasteiger partial charge in [-0.3, -0.25) is 0 Å². The molecule has 0 aromatic carbocycles. The number of rotatable bonds is 0. The highest BCUT2D eigenvalue weighted by atomic mass is 16.6. The van der Waals surface area contributed by atoms with Crippen molar-refractivity contribution in [3.63, 3.8) is 0 Å². The fourth-order valence-electron chi connectivity index (χ4n) is 2.23. The second-order valence-electron chi connectivity index (χ2n) is 6.55. The minimum atomic E-state index is -0.398. The maximum atomic E-state index is 11.6. The molecule has 132 valence electrons. The molecule has 1 aliphatic heterocycles. The predicted molar refractivity (Wildman–Crippen MR) is 97.4 cm³/mol. The highest BCUT2D eigenvalue weighted by Crippen LogP contribution is 2.15. The van der Waals surface area contributed by atoms with Gasteiger partial charge >= 0.3 is 6.09 Å². The van der Waals surface area contributed by atoms with Crippen LogP contribution >= 0.6 is 0 Å². The fraction of sp³-hybridized carbons (Fsp3) is 0.737. The van der Waals surface area contributed by atoms with Crippen LogP contribution in [0.15, 0.2) is 11.6 Å². The monoisotopic (exact) mass is 322 g/mol. The van der Waals surface area contributed by atoms with Gasteiger partial charge in [0.2, 0.25) is 0 Å². The molecule has 1 heterocycles. The van der Waals surface area contributed by atoms with Gasteiger partial charge in [0.15, 0.2) is 0 Å². The molecule has 1 N–H and O–H groups in total. The Morgan fingerprint density at radius 2 is 2.09 bits per heavy atom. The summed E-state index contributed by atoms with van der Waals surface area (Å²) in [5.74, 6) is 2.62. The predicted octanol–water partition coefficient (Wildman–Crippen LogP) is 3.97. The van der Waals surface area contributed by atoms with E-state index >= 15 is 0 Å². The van der Waals surface area contributed by atoms with Gasteiger partial charge in [-0.05, 0) is 52.5 Å². The van der Waals surface area contributed by atoms with Crippen LogP contribution in [0.2, 0.25) is 0 Å². The summed E-state index contributed by atoms with van der Waals surface area (Å²) < 4.78 is 5.28. The van der Waals surface area contributed by atoms with Crippen molar-refractivity contribution in [2.75, 3.05) is 19.6 Å². The van der Waals surface area contributed by atoms with E-state index in [4.69, 9.17) is 11.2 Å². The van der Waals surface area contributed by atoms with Gasteiger partial charge in [0.1, 0.15) is 5.60 Å². The number of ether oxygens (including phenoxy) is 1. The SMILES string of the molecule is C#CC1=CCCC1.CC.CC1CN(C(=O)OC(C)(C)C)CCN1. The number of terminal acetylenes is 1. The standard InChI is InChI=1S/C10H20N2O2.C7H8.C2H6/c1-8-7-12(6-5-11-8)9(13)14-10(2,3)4;1-2-7-5-3-4-6-7;1-2/h8,11H,5-7H2,1-4H3;1,5H,3-4,6H2;1-2H3. The van der Waals surface area contributed by atoms with Crippen LogP contribution in [0, 0.1) is 12.3 Å². The lowest BCUT2D eigenvalue weighted by atomic mass is 10.2. The van der Waals surface area contributed by atoms with Gasteiger partial charge in [0.25, 0.3) is 0 Å². The fourth-order valence-corrected chi connectivity index (χ4v) is 2.23. The van der Waals surface area contributed by atoms with Gasteiger partial charge in [-0.25, -0.2) is 4.79 Å². The minimum absolute atomic E-state index is 0.203. The summed E-state index contributed by atoms with van der Waals surface area (Å²) >= 11 is 0. The first-order valence-electron chi connectivity index (χ1n) is 8.69. The molecule has 23 heavy (non-hydrogen) atoms. The smallest absolute Gasteiger partial charge is 0.410 e. The van der Waals surface area contributed by atoms with E-state index in [-0.39, 0.29) is 6.09 Å². The Kier molecular flexibility index (Phi) is 10.4. The largest absolute Gasteiger partial charge is 0.444 e. The average Bonchev–Trinajstić information content (AvgIpc) is 3.02. The van der Waals surface area contributed by atoms with Gasteiger partial charge in [-0.15, -0.1) is 6.42 Å². The Morgan fingerprint density at radius 3 is 2.48 bits per heavy atom. The molecule has 2 aliphatic rings. The zero-order chi connectivity index (χ0) is 17.9. The van der Waals surface area contributed by atoms with Crippen molar-refractivity contribution in [2.24, 2.45) is 0 Å². The lowest BCUT2D eigenvalue weighted by Crippen LogP contribution is -2.52. The third kappa shape index (κ3) is 10.0. The highest BCUT2D eigenvalue weighted by Gasteiger charge is 2.25. The Morgan fingerprint density at radius 1 is 1.43 bits per heavy atom. The molecule has 1 amide bonds. The molecule has 4 nitrogen and oxygen atoms in total. The molecule has 4 heteroatoms. The van der Waals surface area contributed by atoms with Crippen molar-refractivity contribution in [3.8, 4) is 12.3 Å². The molecule has 0 aromatic rings. The summed E-state index contributed by atoms with van der Waals surface area (Å²) in [5, 5.41) is 3.28. The van der Waals surface area contributed by atoms with E-state index in [0.717, 1.165) is 26.1 Å². The first-order valence-corrected chi connectivity index (χ1v) is 8.69. The Balaban J connectivity index is 0.000000449. The number of allylic oxidation sites excluding steroid dienone is 2. The normalized spacial score (nSPS) is 20.1. The van der Waals surface area contributed by atoms with Crippen LogP contribution in [0.3, 0.4) is 0 Å². The number of piperazine rings is 1. The van der Waals surface area contributed by atoms with Crippen molar-refractivity contribution in [1.82, 2.24) is 10.2 Å². The molecular formula is C19H34N2O2. The third-order valence-corrected chi connectivity index (χ3v) is 3.25. The lowest BCUT2D eigenvalue weighted by Gasteiger charge is -2.33. The quantitative estimate of drug-likeness (QED) is 0.686. The average molecular weight is 322 g/mol. The molecule has 0 saturated carbocycles. The summed E-state index contributed by atoms with van der Waals surface area (Å²) in [5.41, 5.74) is 0.797. The summed E-state index contributed by atoms with van der Waals surface area (Å²) in [6.07, 6.45) is 10.6. The van der Waals surface area contributed by atoms with Crippen LogP contribution < -0.4 is 5.32 Å². The van der Waals surface area contributed by atoms with Crippen LogP contribution in [0.25, 0.3) is 0 Å². The zero-order valence-electron chi connectivity index (χ0n) is 15.7. The van der Waals surface area contributed by atoms with E-state index in [2.05, 4.69) is 24.2 Å². The van der Waals surface area contributed by atoms with Crippen LogP contribution in [0.4, 0.5) is 4.79 Å². The van der Waals surface area contributed by atoms with Gasteiger partial charge in [-0.2, -0.15) is 0 Å². The van der Waals surface area contributed by atoms with E-state index in [1.807, 2.05) is 34.6 Å². The number of amides is 1. The molecule has 0 bridgehead atoms. The van der Waals surface area contributed by atoms with Crippen LogP contribution in [0.5, 0.6) is 0 Å². The van der Waals surface area contributed by atoms with Crippen molar-refractivity contribution < 1.29 is 9.53 Å². The molecule has 1 atom stereocenters. The molecule has 1 fully saturated rings. The minimum Gasteiger partial charge on any atom is -0.444 e. The summed E-state index contributed by atoms with van der Waals surface area (Å²) in [6.45, 7) is 14.0. The summed E-state index contributed by atoms with van der Waals surface area (Å²) in [6, 6.07) is 0.358. The summed E-state index contributed by atoms with van der Waals surface area (Å²) in [4.78, 5) is 13.4. The first kappa shape index (κ1) is 21.5.